The molecule has 172 valence electrons. The van der Waals surface area contributed by atoms with Gasteiger partial charge in [0, 0.05) is 13.6 Å². The third-order valence-corrected chi connectivity index (χ3v) is 5.63. The normalized spacial score (nSPS) is 11.9. The first kappa shape index (κ1) is 23.5. The average molecular weight is 439 g/mol. The predicted octanol–water partition coefficient (Wildman–Crippen LogP) is 4.40. The van der Waals surface area contributed by atoms with Crippen molar-refractivity contribution in [1.29, 1.82) is 0 Å². The third-order valence-electron chi connectivity index (χ3n) is 5.63. The van der Waals surface area contributed by atoms with Crippen molar-refractivity contribution in [3.8, 4) is 0 Å². The van der Waals surface area contributed by atoms with Crippen molar-refractivity contribution in [1.82, 2.24) is 19.1 Å². The molecule has 0 aliphatic carbocycles. The van der Waals surface area contributed by atoms with E-state index in [1.807, 2.05) is 34.9 Å². The molecule has 0 unspecified atom stereocenters. The molecule has 0 saturated heterocycles. The average Bonchev–Trinajstić information content (AvgIpc) is 3.17. The van der Waals surface area contributed by atoms with Crippen molar-refractivity contribution in [2.75, 3.05) is 5.43 Å². The summed E-state index contributed by atoms with van der Waals surface area (Å²) >= 11 is 0. The van der Waals surface area contributed by atoms with Crippen LogP contribution in [-0.4, -0.2) is 24.8 Å². The highest BCUT2D eigenvalue weighted by Crippen LogP contribution is 2.18. The largest absolute Gasteiger partial charge is 0.329 e. The molecule has 0 atom stereocenters. The molecule has 2 N–H and O–H groups in total. The summed E-state index contributed by atoms with van der Waals surface area (Å²) in [5.74, 6) is 0.477. The summed E-state index contributed by atoms with van der Waals surface area (Å²) in [5.41, 5.74) is 4.93. The van der Waals surface area contributed by atoms with Crippen LogP contribution in [0.25, 0.3) is 11.2 Å². The number of hydrazone groups is 1. The molecule has 8 heteroatoms. The Labute approximate surface area is 188 Å². The summed E-state index contributed by atoms with van der Waals surface area (Å²) in [6, 6.07) is 10.0. The van der Waals surface area contributed by atoms with Gasteiger partial charge in [-0.05, 0) is 18.4 Å². The predicted molar refractivity (Wildman–Crippen MR) is 130 cm³/mol. The Morgan fingerprint density at radius 1 is 1.03 bits per heavy atom. The molecule has 0 bridgehead atoms. The van der Waals surface area contributed by atoms with Crippen LogP contribution in [0, 0.1) is 0 Å². The van der Waals surface area contributed by atoms with Crippen LogP contribution in [-0.2, 0) is 13.6 Å². The number of fused-ring (bicyclic) bond motifs is 1. The number of nitrogens with one attached hydrogen (secondary N) is 2. The number of unbranched alkanes of at least 4 members (excludes halogenated alkanes) is 5. The van der Waals surface area contributed by atoms with Crippen molar-refractivity contribution >= 4 is 22.8 Å². The van der Waals surface area contributed by atoms with E-state index in [0.717, 1.165) is 37.0 Å². The van der Waals surface area contributed by atoms with Crippen LogP contribution >= 0.6 is 0 Å². The number of rotatable bonds is 12. The van der Waals surface area contributed by atoms with Gasteiger partial charge in [-0.1, -0.05) is 82.7 Å². The minimum atomic E-state index is -0.474. The van der Waals surface area contributed by atoms with Gasteiger partial charge >= 0.3 is 5.69 Å². The second-order valence-corrected chi connectivity index (χ2v) is 8.13. The molecule has 8 nitrogen and oxygen atoms in total. The number of nitrogens with zero attached hydrogens (tertiary/aromatic N) is 4. The minimum absolute atomic E-state index is 0.360. The Kier molecular flexibility index (Phi) is 8.41. The fourth-order valence-corrected chi connectivity index (χ4v) is 3.84. The summed E-state index contributed by atoms with van der Waals surface area (Å²) in [7, 11) is 1.61. The van der Waals surface area contributed by atoms with E-state index in [4.69, 9.17) is 0 Å². The van der Waals surface area contributed by atoms with E-state index in [-0.39, 0.29) is 0 Å². The Balaban J connectivity index is 1.93. The van der Waals surface area contributed by atoms with Crippen LogP contribution in [0.2, 0.25) is 0 Å². The summed E-state index contributed by atoms with van der Waals surface area (Å²) in [6.07, 6.45) is 8.63. The Bertz CT molecular complexity index is 1160. The van der Waals surface area contributed by atoms with Crippen LogP contribution in [0.4, 0.5) is 5.95 Å². The zero-order valence-electron chi connectivity index (χ0n) is 19.4. The highest BCUT2D eigenvalue weighted by atomic mass is 16.2. The minimum Gasteiger partial charge on any atom is -0.303 e. The molecule has 2 heterocycles. The summed E-state index contributed by atoms with van der Waals surface area (Å²) in [5, 5.41) is 4.64. The molecule has 3 rings (SSSR count). The molecule has 0 saturated carbocycles. The van der Waals surface area contributed by atoms with Gasteiger partial charge in [-0.2, -0.15) is 10.1 Å². The maximum absolute atomic E-state index is 12.6. The molecule has 0 radical (unpaired) electrons. The zero-order chi connectivity index (χ0) is 22.9. The number of aromatic amines is 1. The van der Waals surface area contributed by atoms with E-state index >= 15 is 0 Å². The van der Waals surface area contributed by atoms with Gasteiger partial charge in [-0.25, -0.2) is 10.2 Å². The van der Waals surface area contributed by atoms with Crippen LogP contribution in [0.15, 0.2) is 45.0 Å². The number of imidazole rings is 1. The molecular weight excluding hydrogens is 404 g/mol. The van der Waals surface area contributed by atoms with Crippen molar-refractivity contribution in [3.63, 3.8) is 0 Å². The molecule has 1 aromatic carbocycles. The fraction of sp³-hybridized carbons (Fsp3) is 0.500. The number of aryl methyl sites for hydroxylation is 2. The van der Waals surface area contributed by atoms with E-state index < -0.39 is 11.2 Å². The molecule has 2 aromatic heterocycles. The van der Waals surface area contributed by atoms with E-state index in [1.165, 1.54) is 30.3 Å². The van der Waals surface area contributed by atoms with E-state index in [9.17, 15) is 9.59 Å². The number of hydrogen-bond acceptors (Lipinski definition) is 5. The fourth-order valence-electron chi connectivity index (χ4n) is 3.84. The maximum Gasteiger partial charge on any atom is 0.329 e. The SMILES string of the molecule is CCCCCCCCn1c(N/N=C(\CCC)c2ccccc2)nc2c1c(=O)[nH]c(=O)n2C. The van der Waals surface area contributed by atoms with Gasteiger partial charge in [0.25, 0.3) is 5.56 Å². The second-order valence-electron chi connectivity index (χ2n) is 8.13. The van der Waals surface area contributed by atoms with Crippen LogP contribution in [0.1, 0.15) is 70.8 Å². The first-order valence-electron chi connectivity index (χ1n) is 11.6. The number of anilines is 1. The lowest BCUT2D eigenvalue weighted by Crippen LogP contribution is -2.29. The van der Waals surface area contributed by atoms with Crippen LogP contribution in [0.5, 0.6) is 0 Å². The number of H-pyrrole nitrogens is 1. The lowest BCUT2D eigenvalue weighted by molar-refractivity contribution is 0.565. The van der Waals surface area contributed by atoms with Gasteiger partial charge in [0.1, 0.15) is 0 Å². The lowest BCUT2D eigenvalue weighted by Gasteiger charge is -2.10. The Hall–Kier alpha value is -3.16. The smallest absolute Gasteiger partial charge is 0.303 e. The van der Waals surface area contributed by atoms with Crippen LogP contribution in [0.3, 0.4) is 0 Å². The maximum atomic E-state index is 12.6. The van der Waals surface area contributed by atoms with E-state index in [0.29, 0.717) is 23.7 Å². The van der Waals surface area contributed by atoms with Gasteiger partial charge in [0.15, 0.2) is 11.2 Å². The Morgan fingerprint density at radius 3 is 2.47 bits per heavy atom. The summed E-state index contributed by atoms with van der Waals surface area (Å²) in [6.45, 7) is 4.95. The molecule has 32 heavy (non-hydrogen) atoms. The third kappa shape index (κ3) is 5.55. The van der Waals surface area contributed by atoms with Gasteiger partial charge in [-0.3, -0.25) is 14.3 Å². The van der Waals surface area contributed by atoms with Crippen molar-refractivity contribution in [2.45, 2.75) is 71.8 Å². The molecular formula is C24H34N6O2. The van der Waals surface area contributed by atoms with Crippen LogP contribution < -0.4 is 16.7 Å². The molecule has 0 amide bonds. The molecule has 0 spiro atoms. The second kappa shape index (κ2) is 11.5. The zero-order valence-corrected chi connectivity index (χ0v) is 19.4. The first-order chi connectivity index (χ1) is 15.6. The quantitative estimate of drug-likeness (QED) is 0.249. The highest BCUT2D eigenvalue weighted by molar-refractivity contribution is 6.00. The lowest BCUT2D eigenvalue weighted by atomic mass is 10.1. The van der Waals surface area contributed by atoms with Gasteiger partial charge in [0.05, 0.1) is 5.71 Å². The van der Waals surface area contributed by atoms with E-state index in [1.54, 1.807) is 7.05 Å². The van der Waals surface area contributed by atoms with Crippen molar-refractivity contribution in [2.24, 2.45) is 12.1 Å². The highest BCUT2D eigenvalue weighted by Gasteiger charge is 2.17. The van der Waals surface area contributed by atoms with E-state index in [2.05, 4.69) is 34.3 Å². The van der Waals surface area contributed by atoms with Crippen molar-refractivity contribution in [3.05, 3.63) is 56.7 Å². The number of benzene rings is 1. The molecule has 0 aliphatic heterocycles. The topological polar surface area (TPSA) is 97.1 Å². The van der Waals surface area contributed by atoms with Gasteiger partial charge in [0.2, 0.25) is 5.95 Å². The Morgan fingerprint density at radius 2 is 1.75 bits per heavy atom. The number of aromatic nitrogens is 4. The summed E-state index contributed by atoms with van der Waals surface area (Å²) in [4.78, 5) is 31.7. The molecule has 0 fully saturated rings. The van der Waals surface area contributed by atoms with Crippen molar-refractivity contribution < 1.29 is 0 Å². The number of hydrogen-bond donors (Lipinski definition) is 2. The molecule has 0 aliphatic rings. The first-order valence-corrected chi connectivity index (χ1v) is 11.6. The van der Waals surface area contributed by atoms with Gasteiger partial charge in [-0.15, -0.1) is 0 Å². The standard InChI is InChI=1S/C24H34N6O2/c1-4-6-7-8-9-13-17-30-20-21(29(3)24(32)26-22(20)31)25-23(30)28-27-19(14-5-2)18-15-11-10-12-16-18/h10-12,15-16H,4-9,13-14,17H2,1-3H3,(H,25,28)(H,26,31,32)/b27-19+. The van der Waals surface area contributed by atoms with Gasteiger partial charge < -0.3 is 4.57 Å². The monoisotopic (exact) mass is 438 g/mol. The molecule has 3 aromatic rings. The summed E-state index contributed by atoms with van der Waals surface area (Å²) < 4.78 is 3.22.